The standard InChI is InChI=1S/C16H12N6O3/c1-9-19-21-15(25-9)11-4-2-10(3-5-11)14(23)18-16-17-13(20-22-16)12-6-7-24-8-12/h2-8H,1H3,(H2,17,18,20,22,23). The highest BCUT2D eigenvalue weighted by Crippen LogP contribution is 2.19. The Bertz CT molecular complexity index is 1000. The van der Waals surface area contributed by atoms with Gasteiger partial charge in [0.15, 0.2) is 5.82 Å². The average Bonchev–Trinajstić information content (AvgIpc) is 3.36. The Balaban J connectivity index is 1.48. The maximum atomic E-state index is 12.3. The van der Waals surface area contributed by atoms with Crippen LogP contribution in [-0.4, -0.2) is 31.3 Å². The molecule has 9 nitrogen and oxygen atoms in total. The van der Waals surface area contributed by atoms with Crippen LogP contribution in [0.1, 0.15) is 16.2 Å². The second-order valence-corrected chi connectivity index (χ2v) is 5.18. The van der Waals surface area contributed by atoms with Gasteiger partial charge in [0, 0.05) is 18.1 Å². The fraction of sp³-hybridized carbons (Fsp3) is 0.0625. The van der Waals surface area contributed by atoms with Crippen molar-refractivity contribution in [3.8, 4) is 22.8 Å². The number of nitrogens with one attached hydrogen (secondary N) is 2. The summed E-state index contributed by atoms with van der Waals surface area (Å²) in [4.78, 5) is 16.5. The maximum absolute atomic E-state index is 12.3. The predicted molar refractivity (Wildman–Crippen MR) is 86.5 cm³/mol. The lowest BCUT2D eigenvalue weighted by Gasteiger charge is -2.01. The van der Waals surface area contributed by atoms with Crippen LogP contribution >= 0.6 is 0 Å². The summed E-state index contributed by atoms with van der Waals surface area (Å²) in [5.41, 5.74) is 1.93. The highest BCUT2D eigenvalue weighted by molar-refractivity contribution is 6.03. The second-order valence-electron chi connectivity index (χ2n) is 5.18. The van der Waals surface area contributed by atoms with Gasteiger partial charge in [-0.1, -0.05) is 0 Å². The van der Waals surface area contributed by atoms with E-state index in [0.717, 1.165) is 11.1 Å². The van der Waals surface area contributed by atoms with Crippen molar-refractivity contribution in [3.05, 3.63) is 54.3 Å². The first-order valence-electron chi connectivity index (χ1n) is 7.36. The lowest BCUT2D eigenvalue weighted by atomic mass is 10.1. The Morgan fingerprint density at radius 3 is 2.64 bits per heavy atom. The summed E-state index contributed by atoms with van der Waals surface area (Å²) in [6.45, 7) is 1.72. The van der Waals surface area contributed by atoms with Gasteiger partial charge in [0.25, 0.3) is 5.91 Å². The van der Waals surface area contributed by atoms with Gasteiger partial charge in [-0.25, -0.2) is 0 Å². The van der Waals surface area contributed by atoms with Crippen LogP contribution < -0.4 is 5.32 Å². The minimum Gasteiger partial charge on any atom is -0.472 e. The fourth-order valence-corrected chi connectivity index (χ4v) is 2.20. The van der Waals surface area contributed by atoms with Gasteiger partial charge in [0.1, 0.15) is 6.26 Å². The van der Waals surface area contributed by atoms with Gasteiger partial charge in [-0.2, -0.15) is 4.98 Å². The average molecular weight is 336 g/mol. The molecule has 0 spiro atoms. The molecule has 0 atom stereocenters. The van der Waals surface area contributed by atoms with Gasteiger partial charge in [0.2, 0.25) is 17.7 Å². The molecule has 0 aliphatic rings. The first-order chi connectivity index (χ1) is 12.2. The van der Waals surface area contributed by atoms with Crippen molar-refractivity contribution in [1.82, 2.24) is 25.4 Å². The van der Waals surface area contributed by atoms with E-state index in [1.165, 1.54) is 12.5 Å². The van der Waals surface area contributed by atoms with Gasteiger partial charge < -0.3 is 8.83 Å². The number of amides is 1. The predicted octanol–water partition coefficient (Wildman–Crippen LogP) is 2.68. The molecular formula is C16H12N6O3. The largest absolute Gasteiger partial charge is 0.472 e. The number of rotatable bonds is 4. The number of carbonyl (C=O) groups excluding carboxylic acids is 1. The molecule has 0 saturated heterocycles. The third-order valence-corrected chi connectivity index (χ3v) is 3.43. The fourth-order valence-electron chi connectivity index (χ4n) is 2.20. The van der Waals surface area contributed by atoms with Crippen LogP contribution in [0.3, 0.4) is 0 Å². The first kappa shape index (κ1) is 14.8. The summed E-state index contributed by atoms with van der Waals surface area (Å²) in [6.07, 6.45) is 3.06. The lowest BCUT2D eigenvalue weighted by molar-refractivity contribution is 0.102. The van der Waals surface area contributed by atoms with Crippen LogP contribution in [0, 0.1) is 6.92 Å². The molecule has 0 bridgehead atoms. The highest BCUT2D eigenvalue weighted by atomic mass is 16.4. The Hall–Kier alpha value is -3.75. The van der Waals surface area contributed by atoms with E-state index in [0.29, 0.717) is 23.2 Å². The molecule has 1 aromatic carbocycles. The van der Waals surface area contributed by atoms with E-state index in [4.69, 9.17) is 8.83 Å². The van der Waals surface area contributed by atoms with Crippen molar-refractivity contribution in [3.63, 3.8) is 0 Å². The molecule has 0 aliphatic carbocycles. The maximum Gasteiger partial charge on any atom is 0.258 e. The SMILES string of the molecule is Cc1nnc(-c2ccc(C(=O)Nc3n[nH]c(-c4ccoc4)n3)cc2)o1. The molecule has 0 saturated carbocycles. The number of aryl methyl sites for hydroxylation is 1. The van der Waals surface area contributed by atoms with Gasteiger partial charge in [0.05, 0.1) is 11.8 Å². The molecule has 25 heavy (non-hydrogen) atoms. The summed E-state index contributed by atoms with van der Waals surface area (Å²) in [5.74, 6) is 1.24. The zero-order chi connectivity index (χ0) is 17.2. The number of nitrogens with zero attached hydrogens (tertiary/aromatic N) is 4. The molecule has 3 aromatic heterocycles. The quantitative estimate of drug-likeness (QED) is 0.587. The molecule has 3 heterocycles. The van der Waals surface area contributed by atoms with Crippen molar-refractivity contribution in [2.24, 2.45) is 0 Å². The van der Waals surface area contributed by atoms with E-state index in [1.54, 1.807) is 37.3 Å². The molecule has 0 fully saturated rings. The molecule has 1 amide bonds. The molecule has 4 rings (SSSR count). The molecule has 124 valence electrons. The van der Waals surface area contributed by atoms with Crippen LogP contribution in [0.15, 0.2) is 51.7 Å². The molecule has 0 unspecified atom stereocenters. The number of anilines is 1. The minimum absolute atomic E-state index is 0.179. The normalized spacial score (nSPS) is 10.8. The summed E-state index contributed by atoms with van der Waals surface area (Å²) in [7, 11) is 0. The second kappa shape index (κ2) is 6.04. The summed E-state index contributed by atoms with van der Waals surface area (Å²) in [5, 5.41) is 17.0. The zero-order valence-corrected chi connectivity index (χ0v) is 13.1. The number of carbonyl (C=O) groups is 1. The number of aromatic nitrogens is 5. The van der Waals surface area contributed by atoms with Crippen molar-refractivity contribution in [1.29, 1.82) is 0 Å². The van der Waals surface area contributed by atoms with E-state index in [-0.39, 0.29) is 11.9 Å². The van der Waals surface area contributed by atoms with Crippen LogP contribution in [0.25, 0.3) is 22.8 Å². The molecule has 9 heteroatoms. The van der Waals surface area contributed by atoms with E-state index >= 15 is 0 Å². The van der Waals surface area contributed by atoms with E-state index in [2.05, 4.69) is 30.7 Å². The number of H-pyrrole nitrogens is 1. The third-order valence-electron chi connectivity index (χ3n) is 3.43. The molecule has 0 aliphatic heterocycles. The summed E-state index contributed by atoms with van der Waals surface area (Å²) < 4.78 is 10.3. The Morgan fingerprint density at radius 2 is 1.96 bits per heavy atom. The Labute approximate surface area is 141 Å². The zero-order valence-electron chi connectivity index (χ0n) is 13.1. The lowest BCUT2D eigenvalue weighted by Crippen LogP contribution is -2.12. The van der Waals surface area contributed by atoms with Crippen molar-refractivity contribution >= 4 is 11.9 Å². The van der Waals surface area contributed by atoms with Crippen LogP contribution in [0.4, 0.5) is 5.95 Å². The van der Waals surface area contributed by atoms with Gasteiger partial charge >= 0.3 is 0 Å². The third kappa shape index (κ3) is 3.02. The molecule has 4 aromatic rings. The van der Waals surface area contributed by atoms with Crippen molar-refractivity contribution in [2.45, 2.75) is 6.92 Å². The van der Waals surface area contributed by atoms with Crippen LogP contribution in [0.2, 0.25) is 0 Å². The molecule has 0 radical (unpaired) electrons. The van der Waals surface area contributed by atoms with Gasteiger partial charge in [-0.05, 0) is 30.3 Å². The monoisotopic (exact) mass is 336 g/mol. The highest BCUT2D eigenvalue weighted by Gasteiger charge is 2.12. The van der Waals surface area contributed by atoms with Crippen LogP contribution in [0.5, 0.6) is 0 Å². The smallest absolute Gasteiger partial charge is 0.258 e. The van der Waals surface area contributed by atoms with E-state index < -0.39 is 0 Å². The summed E-state index contributed by atoms with van der Waals surface area (Å²) >= 11 is 0. The number of hydrogen-bond acceptors (Lipinski definition) is 7. The van der Waals surface area contributed by atoms with Crippen molar-refractivity contribution in [2.75, 3.05) is 5.32 Å². The number of benzene rings is 1. The molecular weight excluding hydrogens is 324 g/mol. The number of furan rings is 1. The number of aromatic amines is 1. The van der Waals surface area contributed by atoms with E-state index in [1.807, 2.05) is 0 Å². The van der Waals surface area contributed by atoms with Crippen LogP contribution in [-0.2, 0) is 0 Å². The number of hydrogen-bond donors (Lipinski definition) is 2. The van der Waals surface area contributed by atoms with E-state index in [9.17, 15) is 4.79 Å². The Kier molecular flexibility index (Phi) is 3.58. The summed E-state index contributed by atoms with van der Waals surface area (Å²) in [6, 6.07) is 8.53. The van der Waals surface area contributed by atoms with Gasteiger partial charge in [-0.15, -0.1) is 15.3 Å². The van der Waals surface area contributed by atoms with Crippen molar-refractivity contribution < 1.29 is 13.6 Å². The van der Waals surface area contributed by atoms with Gasteiger partial charge in [-0.3, -0.25) is 15.2 Å². The molecule has 2 N–H and O–H groups in total. The topological polar surface area (TPSA) is 123 Å². The Morgan fingerprint density at radius 1 is 1.12 bits per heavy atom. The first-order valence-corrected chi connectivity index (χ1v) is 7.36. The minimum atomic E-state index is -0.328.